The normalized spacial score (nSPS) is 11.4. The fraction of sp³-hybridized carbons (Fsp3) is 0.722. The molecule has 0 amide bonds. The maximum absolute atomic E-state index is 10.2. The Bertz CT molecular complexity index is 596. The number of hydrogen-bond acceptors (Lipinski definition) is 2. The monoisotopic (exact) mass is 624 g/mol. The van der Waals surface area contributed by atoms with E-state index in [9.17, 15) is 9.59 Å². The fourth-order valence-electron chi connectivity index (χ4n) is 4.48. The van der Waals surface area contributed by atoms with Crippen LogP contribution in [0.4, 0.5) is 0 Å². The smallest absolute Gasteiger partial charge is 0.328 e. The van der Waals surface area contributed by atoms with Gasteiger partial charge < -0.3 is 10.2 Å². The summed E-state index contributed by atoms with van der Waals surface area (Å²) in [5.74, 6) is -1.77. The second-order valence-corrected chi connectivity index (χ2v) is 10.9. The van der Waals surface area contributed by atoms with Gasteiger partial charge in [-0.1, -0.05) is 179 Å². The molecule has 234 valence electrons. The minimum atomic E-state index is -0.885. The summed E-state index contributed by atoms with van der Waals surface area (Å²) in [4.78, 5) is 20.4. The SMILES string of the molecule is CCCCCCCCCCCCCC=CC=CC(=O)O.CCCCCCCCCCCCCC=CC=CC(=O)O.[Zn]. The van der Waals surface area contributed by atoms with E-state index in [2.05, 4.69) is 13.8 Å². The molecule has 0 aliphatic rings. The first-order valence-electron chi connectivity index (χ1n) is 16.7. The Morgan fingerprint density at radius 1 is 0.415 bits per heavy atom. The largest absolute Gasteiger partial charge is 0.478 e. The molecule has 5 heteroatoms. The van der Waals surface area contributed by atoms with Crippen molar-refractivity contribution in [1.82, 2.24) is 0 Å². The number of allylic oxidation sites excluding steroid dienone is 6. The summed E-state index contributed by atoms with van der Waals surface area (Å²) in [6, 6.07) is 0. The van der Waals surface area contributed by atoms with Gasteiger partial charge in [-0.3, -0.25) is 0 Å². The summed E-state index contributed by atoms with van der Waals surface area (Å²) < 4.78 is 0. The van der Waals surface area contributed by atoms with Crippen LogP contribution in [0.5, 0.6) is 0 Å². The van der Waals surface area contributed by atoms with E-state index in [1.807, 2.05) is 24.3 Å². The summed E-state index contributed by atoms with van der Waals surface area (Å²) in [6.07, 6.45) is 45.4. The van der Waals surface area contributed by atoms with Crippen LogP contribution in [0.3, 0.4) is 0 Å². The van der Waals surface area contributed by atoms with E-state index in [-0.39, 0.29) is 19.5 Å². The van der Waals surface area contributed by atoms with Gasteiger partial charge in [0.15, 0.2) is 0 Å². The molecule has 0 saturated carbocycles. The van der Waals surface area contributed by atoms with Crippen LogP contribution in [0.15, 0.2) is 48.6 Å². The van der Waals surface area contributed by atoms with E-state index in [0.29, 0.717) is 0 Å². The van der Waals surface area contributed by atoms with Crippen LogP contribution in [0.25, 0.3) is 0 Å². The van der Waals surface area contributed by atoms with E-state index in [4.69, 9.17) is 10.2 Å². The number of carboxylic acids is 2. The van der Waals surface area contributed by atoms with Gasteiger partial charge in [0.25, 0.3) is 0 Å². The Balaban J connectivity index is -0.000000688. The topological polar surface area (TPSA) is 74.6 Å². The van der Waals surface area contributed by atoms with Crippen molar-refractivity contribution in [1.29, 1.82) is 0 Å². The Labute approximate surface area is 267 Å². The van der Waals surface area contributed by atoms with Gasteiger partial charge in [-0.25, -0.2) is 9.59 Å². The average Bonchev–Trinajstić information content (AvgIpc) is 2.93. The third-order valence-electron chi connectivity index (χ3n) is 6.92. The van der Waals surface area contributed by atoms with Crippen molar-refractivity contribution < 1.29 is 39.3 Å². The summed E-state index contributed by atoms with van der Waals surface area (Å²) in [5.41, 5.74) is 0. The molecule has 0 fully saturated rings. The van der Waals surface area contributed by atoms with Crippen molar-refractivity contribution >= 4 is 11.9 Å². The Hall–Kier alpha value is -1.48. The minimum Gasteiger partial charge on any atom is -0.478 e. The van der Waals surface area contributed by atoms with Crippen LogP contribution in [-0.4, -0.2) is 22.2 Å². The van der Waals surface area contributed by atoms with Crippen molar-refractivity contribution in [3.05, 3.63) is 48.6 Å². The van der Waals surface area contributed by atoms with Gasteiger partial charge in [-0.15, -0.1) is 0 Å². The second kappa shape index (κ2) is 40.7. The molecule has 0 aliphatic carbocycles. The summed E-state index contributed by atoms with van der Waals surface area (Å²) in [5, 5.41) is 16.8. The molecule has 0 unspecified atom stereocenters. The van der Waals surface area contributed by atoms with Crippen LogP contribution in [0.2, 0.25) is 0 Å². The predicted octanol–water partition coefficient (Wildman–Crippen LogP) is 11.8. The first kappa shape index (κ1) is 44.0. The van der Waals surface area contributed by atoms with E-state index in [0.717, 1.165) is 25.0 Å². The van der Waals surface area contributed by atoms with Gasteiger partial charge in [0, 0.05) is 31.6 Å². The minimum absolute atomic E-state index is 0. The quantitative estimate of drug-likeness (QED) is 0.0392. The standard InChI is InChI=1S/2C18H32O2.Zn/c2*1-2-3-4-5-6-7-8-9-10-11-12-13-14-15-16-17-18(19)20;/h2*14-17H,2-13H2,1H3,(H,19,20);. The van der Waals surface area contributed by atoms with Gasteiger partial charge in [0.2, 0.25) is 0 Å². The third kappa shape index (κ3) is 48.6. The molecule has 0 heterocycles. The molecule has 2 N–H and O–H groups in total. The van der Waals surface area contributed by atoms with Gasteiger partial charge >= 0.3 is 11.9 Å². The Morgan fingerprint density at radius 3 is 0.902 bits per heavy atom. The number of carboxylic acid groups (broad SMARTS) is 2. The zero-order chi connectivity index (χ0) is 29.8. The van der Waals surface area contributed by atoms with E-state index in [1.165, 1.54) is 141 Å². The fourth-order valence-corrected chi connectivity index (χ4v) is 4.48. The molecule has 0 saturated heterocycles. The van der Waals surface area contributed by atoms with Crippen molar-refractivity contribution in [2.75, 3.05) is 0 Å². The predicted molar refractivity (Wildman–Crippen MR) is 174 cm³/mol. The molecule has 0 aliphatic heterocycles. The molecular weight excluding hydrogens is 562 g/mol. The molecule has 0 radical (unpaired) electrons. The van der Waals surface area contributed by atoms with Crippen molar-refractivity contribution in [3.63, 3.8) is 0 Å². The van der Waals surface area contributed by atoms with E-state index >= 15 is 0 Å². The van der Waals surface area contributed by atoms with Gasteiger partial charge in [-0.2, -0.15) is 0 Å². The molecule has 4 nitrogen and oxygen atoms in total. The zero-order valence-corrected chi connectivity index (χ0v) is 30.0. The van der Waals surface area contributed by atoms with E-state index in [1.54, 1.807) is 12.2 Å². The second-order valence-electron chi connectivity index (χ2n) is 10.9. The Kier molecular flexibility index (Phi) is 43.6. The first-order valence-corrected chi connectivity index (χ1v) is 16.7. The summed E-state index contributed by atoms with van der Waals surface area (Å²) in [6.45, 7) is 4.52. The van der Waals surface area contributed by atoms with Crippen LogP contribution in [0, 0.1) is 0 Å². The van der Waals surface area contributed by atoms with Gasteiger partial charge in [0.05, 0.1) is 0 Å². The van der Waals surface area contributed by atoms with Crippen molar-refractivity contribution in [2.24, 2.45) is 0 Å². The van der Waals surface area contributed by atoms with Crippen LogP contribution in [0.1, 0.15) is 168 Å². The van der Waals surface area contributed by atoms with E-state index < -0.39 is 11.9 Å². The number of hydrogen-bond donors (Lipinski definition) is 2. The zero-order valence-electron chi connectivity index (χ0n) is 27.0. The molecular formula is C36H64O4Zn. The van der Waals surface area contributed by atoms with Crippen LogP contribution in [-0.2, 0) is 29.1 Å². The summed E-state index contributed by atoms with van der Waals surface area (Å²) >= 11 is 0. The molecule has 0 atom stereocenters. The van der Waals surface area contributed by atoms with Crippen LogP contribution < -0.4 is 0 Å². The number of unbranched alkanes of at least 4 members (excludes halogenated alkanes) is 22. The maximum atomic E-state index is 10.2. The number of carbonyl (C=O) groups is 2. The molecule has 0 bridgehead atoms. The van der Waals surface area contributed by atoms with Gasteiger partial charge in [0.1, 0.15) is 0 Å². The van der Waals surface area contributed by atoms with Crippen LogP contribution >= 0.6 is 0 Å². The molecule has 0 aromatic heterocycles. The molecule has 0 spiro atoms. The molecule has 0 aromatic rings. The Morgan fingerprint density at radius 2 is 0.659 bits per heavy atom. The maximum Gasteiger partial charge on any atom is 0.328 e. The van der Waals surface area contributed by atoms with Crippen molar-refractivity contribution in [3.8, 4) is 0 Å². The molecule has 0 rings (SSSR count). The first-order chi connectivity index (χ1) is 19.5. The molecule has 0 aromatic carbocycles. The number of aliphatic carboxylic acids is 2. The van der Waals surface area contributed by atoms with Gasteiger partial charge in [-0.05, 0) is 25.7 Å². The third-order valence-corrected chi connectivity index (χ3v) is 6.92. The average molecular weight is 626 g/mol. The molecule has 41 heavy (non-hydrogen) atoms. The van der Waals surface area contributed by atoms with Crippen molar-refractivity contribution in [2.45, 2.75) is 168 Å². The summed E-state index contributed by atoms with van der Waals surface area (Å²) in [7, 11) is 0. The number of rotatable bonds is 28.